The van der Waals surface area contributed by atoms with E-state index in [1.807, 2.05) is 12.1 Å². The first-order valence-corrected chi connectivity index (χ1v) is 9.26. The first-order valence-electron chi connectivity index (χ1n) is 7.51. The standard InChI is InChI=1S/C15H18Cl2N4OS/c1-2-21-14(20-5-7-22-8-6-20)18-19-15(21)23-10-11-3-4-12(16)9-13(11)17/h3-4,9H,2,5-8,10H2,1H3. The smallest absolute Gasteiger partial charge is 0.228 e. The van der Waals surface area contributed by atoms with Gasteiger partial charge in [0.1, 0.15) is 0 Å². The first kappa shape index (κ1) is 16.9. The lowest BCUT2D eigenvalue weighted by Crippen LogP contribution is -2.38. The van der Waals surface area contributed by atoms with Crippen molar-refractivity contribution in [1.82, 2.24) is 14.8 Å². The summed E-state index contributed by atoms with van der Waals surface area (Å²) in [6, 6.07) is 5.57. The van der Waals surface area contributed by atoms with Crippen molar-refractivity contribution in [2.75, 3.05) is 31.2 Å². The van der Waals surface area contributed by atoms with E-state index in [0.29, 0.717) is 10.0 Å². The van der Waals surface area contributed by atoms with Gasteiger partial charge < -0.3 is 9.64 Å². The van der Waals surface area contributed by atoms with Gasteiger partial charge in [0.25, 0.3) is 0 Å². The third-order valence-electron chi connectivity index (χ3n) is 3.68. The van der Waals surface area contributed by atoms with Gasteiger partial charge in [-0.05, 0) is 24.6 Å². The first-order chi connectivity index (χ1) is 11.2. The van der Waals surface area contributed by atoms with Gasteiger partial charge >= 0.3 is 0 Å². The molecule has 2 heterocycles. The average Bonchev–Trinajstić information content (AvgIpc) is 2.98. The second-order valence-corrected chi connectivity index (χ2v) is 6.94. The maximum Gasteiger partial charge on any atom is 0.228 e. The molecule has 1 aliphatic heterocycles. The van der Waals surface area contributed by atoms with Crippen molar-refractivity contribution in [1.29, 1.82) is 0 Å². The van der Waals surface area contributed by atoms with Crippen LogP contribution in [-0.2, 0) is 17.0 Å². The van der Waals surface area contributed by atoms with Gasteiger partial charge in [-0.1, -0.05) is 41.0 Å². The zero-order valence-electron chi connectivity index (χ0n) is 12.8. The molecule has 0 radical (unpaired) electrons. The Morgan fingerprint density at radius 1 is 1.22 bits per heavy atom. The molecule has 5 nitrogen and oxygen atoms in total. The minimum absolute atomic E-state index is 0.648. The van der Waals surface area contributed by atoms with Gasteiger partial charge in [0.15, 0.2) is 5.16 Å². The number of morpholine rings is 1. The van der Waals surface area contributed by atoms with Gasteiger partial charge in [-0.2, -0.15) is 0 Å². The van der Waals surface area contributed by atoms with E-state index in [9.17, 15) is 0 Å². The second-order valence-electron chi connectivity index (χ2n) is 5.15. The molecule has 0 spiro atoms. The Morgan fingerprint density at radius 2 is 2.00 bits per heavy atom. The van der Waals surface area contributed by atoms with Crippen molar-refractivity contribution in [2.45, 2.75) is 24.4 Å². The monoisotopic (exact) mass is 372 g/mol. The molecule has 1 aliphatic rings. The molecule has 124 valence electrons. The zero-order chi connectivity index (χ0) is 16.2. The highest BCUT2D eigenvalue weighted by Gasteiger charge is 2.19. The molecule has 1 aromatic carbocycles. The molecule has 1 saturated heterocycles. The Hall–Kier alpha value is -0.950. The molecule has 0 bridgehead atoms. The minimum atomic E-state index is 0.648. The van der Waals surface area contributed by atoms with E-state index in [4.69, 9.17) is 27.9 Å². The van der Waals surface area contributed by atoms with E-state index < -0.39 is 0 Å². The van der Waals surface area contributed by atoms with Crippen molar-refractivity contribution >= 4 is 40.9 Å². The van der Waals surface area contributed by atoms with Crippen LogP contribution in [0.25, 0.3) is 0 Å². The van der Waals surface area contributed by atoms with Crippen molar-refractivity contribution in [3.05, 3.63) is 33.8 Å². The lowest BCUT2D eigenvalue weighted by molar-refractivity contribution is 0.121. The Morgan fingerprint density at radius 3 is 2.70 bits per heavy atom. The van der Waals surface area contributed by atoms with Crippen LogP contribution < -0.4 is 4.90 Å². The predicted molar refractivity (Wildman–Crippen MR) is 94.8 cm³/mol. The van der Waals surface area contributed by atoms with Crippen LogP contribution in [0.1, 0.15) is 12.5 Å². The third-order valence-corrected chi connectivity index (χ3v) is 5.28. The molecule has 8 heteroatoms. The quantitative estimate of drug-likeness (QED) is 0.748. The number of ether oxygens (including phenoxy) is 1. The van der Waals surface area contributed by atoms with Gasteiger partial charge in [0.2, 0.25) is 5.95 Å². The van der Waals surface area contributed by atoms with Gasteiger partial charge in [0, 0.05) is 35.4 Å². The highest BCUT2D eigenvalue weighted by molar-refractivity contribution is 7.98. The summed E-state index contributed by atoms with van der Waals surface area (Å²) in [5, 5.41) is 10.9. The second kappa shape index (κ2) is 7.75. The fourth-order valence-corrected chi connectivity index (χ4v) is 4.00. The lowest BCUT2D eigenvalue weighted by atomic mass is 10.2. The van der Waals surface area contributed by atoms with E-state index >= 15 is 0 Å². The molecule has 0 atom stereocenters. The van der Waals surface area contributed by atoms with Crippen molar-refractivity contribution in [3.8, 4) is 0 Å². The topological polar surface area (TPSA) is 43.2 Å². The van der Waals surface area contributed by atoms with Gasteiger partial charge in [-0.15, -0.1) is 10.2 Å². The van der Waals surface area contributed by atoms with Crippen LogP contribution >= 0.6 is 35.0 Å². The number of hydrogen-bond acceptors (Lipinski definition) is 5. The Labute approximate surface area is 149 Å². The van der Waals surface area contributed by atoms with Gasteiger partial charge in [-0.25, -0.2) is 0 Å². The highest BCUT2D eigenvalue weighted by Crippen LogP contribution is 2.29. The summed E-state index contributed by atoms with van der Waals surface area (Å²) < 4.78 is 7.54. The van der Waals surface area contributed by atoms with Crippen LogP contribution in [0.4, 0.5) is 5.95 Å². The maximum atomic E-state index is 6.23. The SMILES string of the molecule is CCn1c(SCc2ccc(Cl)cc2Cl)nnc1N1CCOCC1. The molecule has 0 aliphatic carbocycles. The van der Waals surface area contributed by atoms with E-state index in [0.717, 1.165) is 55.3 Å². The molecule has 1 fully saturated rings. The van der Waals surface area contributed by atoms with Crippen molar-refractivity contribution in [2.24, 2.45) is 0 Å². The maximum absolute atomic E-state index is 6.23. The van der Waals surface area contributed by atoms with E-state index in [1.165, 1.54) is 0 Å². The number of benzene rings is 1. The number of hydrogen-bond donors (Lipinski definition) is 0. The average molecular weight is 373 g/mol. The largest absolute Gasteiger partial charge is 0.378 e. The molecular weight excluding hydrogens is 355 g/mol. The molecule has 3 rings (SSSR count). The van der Waals surface area contributed by atoms with Crippen LogP contribution in [-0.4, -0.2) is 41.1 Å². The Balaban J connectivity index is 1.73. The normalized spacial score (nSPS) is 15.2. The summed E-state index contributed by atoms with van der Waals surface area (Å²) >= 11 is 13.8. The molecule has 2 aromatic rings. The molecule has 0 N–H and O–H groups in total. The molecule has 23 heavy (non-hydrogen) atoms. The Bertz CT molecular complexity index is 673. The summed E-state index contributed by atoms with van der Waals surface area (Å²) in [5.41, 5.74) is 1.04. The number of halogens is 2. The summed E-state index contributed by atoms with van der Waals surface area (Å²) in [7, 11) is 0. The van der Waals surface area contributed by atoms with E-state index in [2.05, 4.69) is 26.6 Å². The van der Waals surface area contributed by atoms with Crippen LogP contribution in [0.5, 0.6) is 0 Å². The predicted octanol–water partition coefficient (Wildman–Crippen LogP) is 3.73. The highest BCUT2D eigenvalue weighted by atomic mass is 35.5. The molecular formula is C15H18Cl2N4OS. The summed E-state index contributed by atoms with van der Waals surface area (Å²) in [4.78, 5) is 2.22. The van der Waals surface area contributed by atoms with E-state index in [-0.39, 0.29) is 0 Å². The zero-order valence-corrected chi connectivity index (χ0v) is 15.2. The van der Waals surface area contributed by atoms with Crippen molar-refractivity contribution in [3.63, 3.8) is 0 Å². The van der Waals surface area contributed by atoms with Crippen LogP contribution in [0.2, 0.25) is 10.0 Å². The molecule has 0 unspecified atom stereocenters. The summed E-state index contributed by atoms with van der Waals surface area (Å²) in [5.74, 6) is 1.65. The van der Waals surface area contributed by atoms with Gasteiger partial charge in [-0.3, -0.25) is 4.57 Å². The molecule has 0 saturated carbocycles. The number of nitrogens with zero attached hydrogens (tertiary/aromatic N) is 4. The number of anilines is 1. The number of thioether (sulfide) groups is 1. The molecule has 0 amide bonds. The van der Waals surface area contributed by atoms with Crippen LogP contribution in [0.3, 0.4) is 0 Å². The van der Waals surface area contributed by atoms with Crippen molar-refractivity contribution < 1.29 is 4.74 Å². The number of aromatic nitrogens is 3. The fourth-order valence-electron chi connectivity index (χ4n) is 2.44. The van der Waals surface area contributed by atoms with Crippen LogP contribution in [0, 0.1) is 0 Å². The minimum Gasteiger partial charge on any atom is -0.378 e. The van der Waals surface area contributed by atoms with Gasteiger partial charge in [0.05, 0.1) is 13.2 Å². The Kier molecular flexibility index (Phi) is 5.69. The summed E-state index contributed by atoms with van der Waals surface area (Å²) in [6.07, 6.45) is 0. The summed E-state index contributed by atoms with van der Waals surface area (Å²) in [6.45, 7) is 6.11. The lowest BCUT2D eigenvalue weighted by Gasteiger charge is -2.27. The number of rotatable bonds is 5. The van der Waals surface area contributed by atoms with Crippen LogP contribution in [0.15, 0.2) is 23.4 Å². The van der Waals surface area contributed by atoms with E-state index in [1.54, 1.807) is 17.8 Å². The molecule has 1 aromatic heterocycles. The third kappa shape index (κ3) is 3.94. The fraction of sp³-hybridized carbons (Fsp3) is 0.467.